The van der Waals surface area contributed by atoms with Crippen molar-refractivity contribution in [2.24, 2.45) is 5.92 Å². The Bertz CT molecular complexity index is 152. The topological polar surface area (TPSA) is 12.0 Å². The van der Waals surface area contributed by atoms with Crippen molar-refractivity contribution < 1.29 is 0 Å². The second kappa shape index (κ2) is 4.70. The predicted molar refractivity (Wildman–Crippen MR) is 62.4 cm³/mol. The van der Waals surface area contributed by atoms with Crippen molar-refractivity contribution in [3.05, 3.63) is 0 Å². The molecule has 0 aromatic rings. The smallest absolute Gasteiger partial charge is 0.0282 e. The van der Waals surface area contributed by atoms with Gasteiger partial charge in [0.25, 0.3) is 0 Å². The third-order valence-corrected chi connectivity index (χ3v) is 4.26. The van der Waals surface area contributed by atoms with Crippen LogP contribution in [0.3, 0.4) is 0 Å². The molecule has 0 amide bonds. The lowest BCUT2D eigenvalue weighted by molar-refractivity contribution is 0.440. The molecule has 1 unspecified atom stereocenters. The first-order chi connectivity index (χ1) is 6.08. The molecule has 0 aromatic heterocycles. The first kappa shape index (κ1) is 11.4. The van der Waals surface area contributed by atoms with Crippen molar-refractivity contribution >= 4 is 11.8 Å². The average molecular weight is 201 g/mol. The number of hydrogen-bond donors (Lipinski definition) is 1. The number of nitrogens with one attached hydrogen (secondary N) is 1. The summed E-state index contributed by atoms with van der Waals surface area (Å²) in [4.78, 5) is 0. The summed E-state index contributed by atoms with van der Waals surface area (Å²) in [5, 5.41) is 3.65. The van der Waals surface area contributed by atoms with Gasteiger partial charge in [-0.1, -0.05) is 13.8 Å². The number of rotatable bonds is 6. The lowest BCUT2D eigenvalue weighted by Crippen LogP contribution is -2.34. The molecular formula is C11H23NS. The molecule has 0 spiro atoms. The molecule has 0 aliphatic heterocycles. The average Bonchev–Trinajstić information content (AvgIpc) is 2.80. The highest BCUT2D eigenvalue weighted by Crippen LogP contribution is 2.46. The van der Waals surface area contributed by atoms with Gasteiger partial charge in [0, 0.05) is 17.3 Å². The van der Waals surface area contributed by atoms with Gasteiger partial charge in [-0.2, -0.15) is 11.8 Å². The summed E-state index contributed by atoms with van der Waals surface area (Å²) in [6.45, 7) is 8.09. The fourth-order valence-electron chi connectivity index (χ4n) is 1.74. The molecular weight excluding hydrogens is 178 g/mol. The molecule has 0 aromatic carbocycles. The molecule has 0 radical (unpaired) electrons. The third-order valence-electron chi connectivity index (χ3n) is 2.84. The second-order valence-corrected chi connectivity index (χ2v) is 6.07. The highest BCUT2D eigenvalue weighted by atomic mass is 32.2. The van der Waals surface area contributed by atoms with Gasteiger partial charge >= 0.3 is 0 Å². The van der Waals surface area contributed by atoms with E-state index >= 15 is 0 Å². The summed E-state index contributed by atoms with van der Waals surface area (Å²) in [6.07, 6.45) is 6.36. The molecule has 0 saturated heterocycles. The van der Waals surface area contributed by atoms with Crippen molar-refractivity contribution in [3.63, 3.8) is 0 Å². The van der Waals surface area contributed by atoms with E-state index in [1.165, 1.54) is 25.8 Å². The van der Waals surface area contributed by atoms with Crippen LogP contribution in [0, 0.1) is 5.92 Å². The summed E-state index contributed by atoms with van der Waals surface area (Å²) in [5.41, 5.74) is 0. The van der Waals surface area contributed by atoms with Crippen LogP contribution in [0.1, 0.15) is 40.0 Å². The Morgan fingerprint density at radius 1 is 1.31 bits per heavy atom. The second-order valence-electron chi connectivity index (χ2n) is 4.80. The molecule has 13 heavy (non-hydrogen) atoms. The maximum atomic E-state index is 3.65. The van der Waals surface area contributed by atoms with E-state index in [9.17, 15) is 0 Å². The van der Waals surface area contributed by atoms with Crippen LogP contribution >= 0.6 is 11.8 Å². The minimum atomic E-state index is 0.616. The Morgan fingerprint density at radius 2 is 1.92 bits per heavy atom. The SMILES string of the molecule is CSC1(CNC(C)CC(C)C)CC1. The molecule has 1 rings (SSSR count). The van der Waals surface area contributed by atoms with Gasteiger partial charge in [0.05, 0.1) is 0 Å². The van der Waals surface area contributed by atoms with Crippen LogP contribution in [-0.2, 0) is 0 Å². The van der Waals surface area contributed by atoms with Crippen molar-refractivity contribution in [2.45, 2.75) is 50.8 Å². The van der Waals surface area contributed by atoms with Crippen molar-refractivity contribution in [1.82, 2.24) is 5.32 Å². The van der Waals surface area contributed by atoms with Gasteiger partial charge < -0.3 is 5.32 Å². The van der Waals surface area contributed by atoms with E-state index < -0.39 is 0 Å². The van der Waals surface area contributed by atoms with E-state index in [-0.39, 0.29) is 0 Å². The van der Waals surface area contributed by atoms with E-state index in [1.54, 1.807) is 0 Å². The van der Waals surface area contributed by atoms with Crippen LogP contribution in [0.25, 0.3) is 0 Å². The summed E-state index contributed by atoms with van der Waals surface area (Å²) < 4.78 is 0.616. The first-order valence-corrected chi connectivity index (χ1v) is 6.59. The van der Waals surface area contributed by atoms with Crippen LogP contribution < -0.4 is 5.32 Å². The van der Waals surface area contributed by atoms with Gasteiger partial charge in [-0.25, -0.2) is 0 Å². The molecule has 1 nitrogen and oxygen atoms in total. The summed E-state index contributed by atoms with van der Waals surface area (Å²) in [7, 11) is 0. The van der Waals surface area contributed by atoms with E-state index in [0.29, 0.717) is 10.8 Å². The highest BCUT2D eigenvalue weighted by Gasteiger charge is 2.41. The van der Waals surface area contributed by atoms with E-state index in [1.807, 2.05) is 11.8 Å². The fourth-order valence-corrected chi connectivity index (χ4v) is 2.48. The maximum Gasteiger partial charge on any atom is 0.0282 e. The van der Waals surface area contributed by atoms with Gasteiger partial charge in [0.15, 0.2) is 0 Å². The summed E-state index contributed by atoms with van der Waals surface area (Å²) >= 11 is 2.04. The van der Waals surface area contributed by atoms with Crippen molar-refractivity contribution in [1.29, 1.82) is 0 Å². The van der Waals surface area contributed by atoms with E-state index in [4.69, 9.17) is 0 Å². The molecule has 1 aliphatic rings. The van der Waals surface area contributed by atoms with Gasteiger partial charge in [-0.15, -0.1) is 0 Å². The molecule has 1 N–H and O–H groups in total. The molecule has 1 aliphatic carbocycles. The molecule has 0 bridgehead atoms. The zero-order valence-electron chi connectivity index (χ0n) is 9.39. The van der Waals surface area contributed by atoms with Crippen LogP contribution in [0.5, 0.6) is 0 Å². The number of thioether (sulfide) groups is 1. The summed E-state index contributed by atoms with van der Waals surface area (Å²) in [6, 6.07) is 0.685. The predicted octanol–water partition coefficient (Wildman–Crippen LogP) is 2.91. The van der Waals surface area contributed by atoms with Crippen molar-refractivity contribution in [2.75, 3.05) is 12.8 Å². The van der Waals surface area contributed by atoms with E-state index in [0.717, 1.165) is 5.92 Å². The molecule has 1 saturated carbocycles. The van der Waals surface area contributed by atoms with Crippen LogP contribution in [0.2, 0.25) is 0 Å². The van der Waals surface area contributed by atoms with Crippen molar-refractivity contribution in [3.8, 4) is 0 Å². The monoisotopic (exact) mass is 201 g/mol. The zero-order valence-corrected chi connectivity index (χ0v) is 10.2. The Balaban J connectivity index is 2.11. The molecule has 78 valence electrons. The van der Waals surface area contributed by atoms with Gasteiger partial charge in [-0.05, 0) is 38.4 Å². The Kier molecular flexibility index (Phi) is 4.11. The van der Waals surface area contributed by atoms with E-state index in [2.05, 4.69) is 32.3 Å². The summed E-state index contributed by atoms with van der Waals surface area (Å²) in [5.74, 6) is 0.812. The zero-order chi connectivity index (χ0) is 9.90. The van der Waals surface area contributed by atoms with Gasteiger partial charge in [0.1, 0.15) is 0 Å². The lowest BCUT2D eigenvalue weighted by atomic mass is 10.1. The first-order valence-electron chi connectivity index (χ1n) is 5.36. The van der Waals surface area contributed by atoms with Gasteiger partial charge in [-0.3, -0.25) is 0 Å². The minimum Gasteiger partial charge on any atom is -0.313 e. The minimum absolute atomic E-state index is 0.616. The van der Waals surface area contributed by atoms with Crippen LogP contribution in [-0.4, -0.2) is 23.6 Å². The Morgan fingerprint density at radius 3 is 2.31 bits per heavy atom. The largest absolute Gasteiger partial charge is 0.313 e. The standard InChI is InChI=1S/C11H23NS/c1-9(2)7-10(3)12-8-11(13-4)5-6-11/h9-10,12H,5-8H2,1-4H3. The Hall–Kier alpha value is 0.310. The van der Waals surface area contributed by atoms with Crippen LogP contribution in [0.15, 0.2) is 0 Å². The fraction of sp³-hybridized carbons (Fsp3) is 1.00. The molecule has 1 fully saturated rings. The van der Waals surface area contributed by atoms with Gasteiger partial charge in [0.2, 0.25) is 0 Å². The highest BCUT2D eigenvalue weighted by molar-refractivity contribution is 8.00. The third kappa shape index (κ3) is 3.90. The normalized spacial score (nSPS) is 21.9. The molecule has 2 heteroatoms. The lowest BCUT2D eigenvalue weighted by Gasteiger charge is -2.19. The maximum absolute atomic E-state index is 3.65. The quantitative estimate of drug-likeness (QED) is 0.709. The van der Waals surface area contributed by atoms with Crippen LogP contribution in [0.4, 0.5) is 0 Å². The molecule has 0 heterocycles. The Labute approximate surface area is 87.1 Å². The molecule has 1 atom stereocenters. The number of hydrogen-bond acceptors (Lipinski definition) is 2.